The Balaban J connectivity index is 3.14. The second kappa shape index (κ2) is 2.92. The molecule has 0 aromatic carbocycles. The molecule has 0 bridgehead atoms. The molecule has 5 N–H and O–H groups in total. The molecule has 0 aliphatic rings. The van der Waals surface area contributed by atoms with Crippen LogP contribution >= 0.6 is 0 Å². The first-order valence-electron chi connectivity index (χ1n) is 1.91. The highest BCUT2D eigenvalue weighted by molar-refractivity contribution is 4.55. The van der Waals surface area contributed by atoms with Crippen molar-refractivity contribution in [3.63, 3.8) is 0 Å². The van der Waals surface area contributed by atoms with Crippen molar-refractivity contribution >= 4 is 0 Å². The van der Waals surface area contributed by atoms with Crippen LogP contribution in [0, 0.1) is 0 Å². The Bertz CT molecular complexity index is 47.4. The highest BCUT2D eigenvalue weighted by Crippen LogP contribution is 1.80. The third kappa shape index (κ3) is 2.52. The molecule has 7 heavy (non-hydrogen) atoms. The average molecular weight is 107 g/mol. The molecular weight excluding hydrogens is 98.0 g/mol. The van der Waals surface area contributed by atoms with Gasteiger partial charge in [-0.05, 0) is 0 Å². The van der Waals surface area contributed by atoms with E-state index in [-0.39, 0.29) is 0 Å². The zero-order valence-electron chi connectivity index (χ0n) is 3.78. The van der Waals surface area contributed by atoms with Gasteiger partial charge in [-0.25, -0.2) is 0 Å². The van der Waals surface area contributed by atoms with E-state index in [2.05, 4.69) is 0 Å². The van der Waals surface area contributed by atoms with Crippen LogP contribution in [0.5, 0.6) is 0 Å². The maximum Gasteiger partial charge on any atom is 0.130 e. The fourth-order valence-corrected chi connectivity index (χ4v) is 0.108. The quantitative estimate of drug-likeness (QED) is 0.297. The predicted molar refractivity (Wildman–Crippen MR) is 23.3 cm³/mol. The van der Waals surface area contributed by atoms with Crippen LogP contribution in [0.3, 0.4) is 0 Å². The Morgan fingerprint density at radius 1 is 1.43 bits per heavy atom. The molecule has 0 heterocycles. The van der Waals surface area contributed by atoms with Gasteiger partial charge >= 0.3 is 0 Å². The van der Waals surface area contributed by atoms with Crippen LogP contribution in [0.15, 0.2) is 0 Å². The van der Waals surface area contributed by atoms with Crippen molar-refractivity contribution in [3.05, 3.63) is 0 Å². The van der Waals surface area contributed by atoms with Crippen LogP contribution in [0.25, 0.3) is 0 Å². The van der Waals surface area contributed by atoms with Crippen LogP contribution in [-0.2, 0) is 0 Å². The van der Waals surface area contributed by atoms with Crippen LogP contribution in [0.4, 0.5) is 0 Å². The van der Waals surface area contributed by atoms with E-state index in [4.69, 9.17) is 21.1 Å². The van der Waals surface area contributed by atoms with Gasteiger partial charge in [-0.1, -0.05) is 0 Å². The molecule has 0 radical (unpaired) electrons. The van der Waals surface area contributed by atoms with Gasteiger partial charge in [-0.15, -0.1) is 0 Å². The van der Waals surface area contributed by atoms with Crippen LogP contribution in [0.2, 0.25) is 0 Å². The summed E-state index contributed by atoms with van der Waals surface area (Å²) in [5.74, 6) is 0. The largest absolute Gasteiger partial charge is 0.394 e. The molecule has 0 saturated carbocycles. The van der Waals surface area contributed by atoms with E-state index in [1.807, 2.05) is 0 Å². The number of hydrogen-bond acceptors (Lipinski definition) is 4. The van der Waals surface area contributed by atoms with Gasteiger partial charge in [0.2, 0.25) is 0 Å². The number of hydrogen-bond donors (Lipinski definition) is 4. The molecular formula is C3H9NO3. The molecule has 0 aromatic rings. The molecule has 0 fully saturated rings. The van der Waals surface area contributed by atoms with Crippen molar-refractivity contribution in [3.8, 4) is 0 Å². The van der Waals surface area contributed by atoms with Crippen molar-refractivity contribution in [1.29, 1.82) is 0 Å². The third-order valence-electron chi connectivity index (χ3n) is 0.581. The van der Waals surface area contributed by atoms with Crippen molar-refractivity contribution in [2.24, 2.45) is 5.73 Å². The molecule has 0 amide bonds. The minimum atomic E-state index is -1.33. The summed E-state index contributed by atoms with van der Waals surface area (Å²) in [5, 5.41) is 24.5. The van der Waals surface area contributed by atoms with Gasteiger partial charge in [0, 0.05) is 0 Å². The number of nitrogens with two attached hydrogens (primary N) is 1. The van der Waals surface area contributed by atoms with Gasteiger partial charge < -0.3 is 21.1 Å². The van der Waals surface area contributed by atoms with Crippen molar-refractivity contribution in [2.45, 2.75) is 12.3 Å². The summed E-state index contributed by atoms with van der Waals surface area (Å²) < 4.78 is 0. The smallest absolute Gasteiger partial charge is 0.130 e. The maximum atomic E-state index is 8.31. The second-order valence-electron chi connectivity index (χ2n) is 1.24. The van der Waals surface area contributed by atoms with Gasteiger partial charge in [-0.2, -0.15) is 0 Å². The Labute approximate surface area is 41.2 Å². The minimum Gasteiger partial charge on any atom is -0.394 e. The molecule has 2 unspecified atom stereocenters. The van der Waals surface area contributed by atoms with E-state index in [1.54, 1.807) is 0 Å². The lowest BCUT2D eigenvalue weighted by atomic mass is 10.3. The van der Waals surface area contributed by atoms with Gasteiger partial charge in [-0.3, -0.25) is 0 Å². The highest BCUT2D eigenvalue weighted by Gasteiger charge is 2.07. The fraction of sp³-hybridized carbons (Fsp3) is 1.00. The average Bonchev–Trinajstić information content (AvgIpc) is 1.65. The molecule has 4 heteroatoms. The third-order valence-corrected chi connectivity index (χ3v) is 0.581. The topological polar surface area (TPSA) is 86.7 Å². The summed E-state index contributed by atoms with van der Waals surface area (Å²) in [6.45, 7) is -0.502. The van der Waals surface area contributed by atoms with Crippen LogP contribution in [0.1, 0.15) is 0 Å². The minimum absolute atomic E-state index is 0.502. The van der Waals surface area contributed by atoms with E-state index in [1.165, 1.54) is 0 Å². The van der Waals surface area contributed by atoms with Gasteiger partial charge in [0.05, 0.1) is 6.61 Å². The fourth-order valence-electron chi connectivity index (χ4n) is 0.108. The van der Waals surface area contributed by atoms with E-state index in [0.29, 0.717) is 0 Å². The Morgan fingerprint density at radius 3 is 1.86 bits per heavy atom. The van der Waals surface area contributed by atoms with Gasteiger partial charge in [0.15, 0.2) is 0 Å². The molecule has 0 spiro atoms. The first-order valence-corrected chi connectivity index (χ1v) is 1.91. The highest BCUT2D eigenvalue weighted by atomic mass is 16.4. The molecule has 44 valence electrons. The lowest BCUT2D eigenvalue weighted by Gasteiger charge is -2.07. The zero-order valence-corrected chi connectivity index (χ0v) is 3.78. The maximum absolute atomic E-state index is 8.31. The zero-order chi connectivity index (χ0) is 5.86. The monoisotopic (exact) mass is 107 g/mol. The van der Waals surface area contributed by atoms with E-state index in [0.717, 1.165) is 0 Å². The van der Waals surface area contributed by atoms with E-state index >= 15 is 0 Å². The van der Waals surface area contributed by atoms with Crippen LogP contribution in [-0.4, -0.2) is 34.3 Å². The molecule has 2 atom stereocenters. The number of aliphatic hydroxyl groups excluding tert-OH is 3. The Morgan fingerprint density at radius 2 is 1.86 bits per heavy atom. The normalized spacial score (nSPS) is 18.9. The first kappa shape index (κ1) is 6.84. The van der Waals surface area contributed by atoms with Gasteiger partial charge in [0.1, 0.15) is 12.3 Å². The SMILES string of the molecule is NC(O)C(O)CO. The lowest BCUT2D eigenvalue weighted by molar-refractivity contribution is -0.0103. The summed E-state index contributed by atoms with van der Waals surface area (Å²) in [6.07, 6.45) is -2.54. The van der Waals surface area contributed by atoms with Crippen molar-refractivity contribution in [1.82, 2.24) is 0 Å². The predicted octanol–water partition coefficient (Wildman–Crippen LogP) is -2.38. The lowest BCUT2D eigenvalue weighted by Crippen LogP contribution is -2.36. The van der Waals surface area contributed by atoms with Crippen molar-refractivity contribution in [2.75, 3.05) is 6.61 Å². The standard InChI is InChI=1S/C3H9NO3/c4-3(7)2(6)1-5/h2-3,5-7H,1,4H2. The molecule has 0 aliphatic carbocycles. The molecule has 0 aliphatic heterocycles. The van der Waals surface area contributed by atoms with Crippen molar-refractivity contribution < 1.29 is 15.3 Å². The second-order valence-corrected chi connectivity index (χ2v) is 1.24. The first-order chi connectivity index (χ1) is 3.18. The van der Waals surface area contributed by atoms with E-state index in [9.17, 15) is 0 Å². The summed E-state index contributed by atoms with van der Waals surface area (Å²) in [4.78, 5) is 0. The summed E-state index contributed by atoms with van der Waals surface area (Å²) in [7, 11) is 0. The molecule has 4 nitrogen and oxygen atoms in total. The van der Waals surface area contributed by atoms with Gasteiger partial charge in [0.25, 0.3) is 0 Å². The molecule has 0 rings (SSSR count). The summed E-state index contributed by atoms with van der Waals surface area (Å²) in [5.41, 5.74) is 4.69. The molecule has 0 saturated heterocycles. The summed E-state index contributed by atoms with van der Waals surface area (Å²) >= 11 is 0. The number of rotatable bonds is 2. The Kier molecular flexibility index (Phi) is 2.86. The van der Waals surface area contributed by atoms with E-state index < -0.39 is 18.9 Å². The number of aliphatic hydroxyl groups is 3. The summed E-state index contributed by atoms with van der Waals surface area (Å²) in [6, 6.07) is 0. The molecule has 0 aromatic heterocycles. The van der Waals surface area contributed by atoms with Crippen LogP contribution < -0.4 is 5.73 Å². The Hall–Kier alpha value is -0.160.